The summed E-state index contributed by atoms with van der Waals surface area (Å²) in [4.78, 5) is 19.9. The van der Waals surface area contributed by atoms with Gasteiger partial charge in [0.05, 0.1) is 0 Å². The molecule has 0 aliphatic rings. The van der Waals surface area contributed by atoms with Gasteiger partial charge in [-0.25, -0.2) is 0 Å². The number of hydrogen-bond acceptors (Lipinski definition) is 3. The van der Waals surface area contributed by atoms with E-state index in [2.05, 4.69) is 37.0 Å². The Balaban J connectivity index is -0.000000467. The summed E-state index contributed by atoms with van der Waals surface area (Å²) in [5.74, 6) is 0. The predicted molar refractivity (Wildman–Crippen MR) is 82.3 cm³/mol. The Morgan fingerprint density at radius 2 is 1.89 bits per heavy atom. The van der Waals surface area contributed by atoms with Gasteiger partial charge in [0.2, 0.25) is 0 Å². The molecule has 3 atom stereocenters. The van der Waals surface area contributed by atoms with Gasteiger partial charge in [-0.1, -0.05) is 19.4 Å². The van der Waals surface area contributed by atoms with Crippen LogP contribution in [0.4, 0.5) is 0 Å². The molecule has 0 aliphatic carbocycles. The van der Waals surface area contributed by atoms with Crippen LogP contribution >= 0.6 is 18.5 Å². The summed E-state index contributed by atoms with van der Waals surface area (Å²) >= 11 is 0. The maximum absolute atomic E-state index is 9.59. The van der Waals surface area contributed by atoms with Gasteiger partial charge in [0, 0.05) is 23.2 Å². The fraction of sp³-hybridized carbons (Fsp3) is 0.333. The smallest absolute Gasteiger partial charge is 0.810 e. The molecule has 0 N–H and O–H groups in total. The van der Waals surface area contributed by atoms with Crippen LogP contribution in [0, 0.1) is 0 Å². The molecule has 0 saturated carbocycles. The van der Waals surface area contributed by atoms with E-state index in [1.807, 2.05) is 25.1 Å². The average molecular weight is 338 g/mol. The van der Waals surface area contributed by atoms with E-state index in [4.69, 9.17) is 9.59 Å². The maximum Gasteiger partial charge on any atom is 3.00 e. The molecule has 3 unspecified atom stereocenters. The second-order valence-electron chi connectivity index (χ2n) is 3.08. The van der Waals surface area contributed by atoms with Crippen LogP contribution in [0.15, 0.2) is 18.2 Å². The van der Waals surface area contributed by atoms with Gasteiger partial charge in [0.1, 0.15) is 0 Å². The molecule has 0 amide bonds. The number of carbonyl (C=O) groups excluding carboxylic acids is 2. The molecule has 0 radical (unpaired) electrons. The summed E-state index contributed by atoms with van der Waals surface area (Å²) in [5, 5.41) is 9.59. The first-order chi connectivity index (χ1) is 8.69. The van der Waals surface area contributed by atoms with E-state index < -0.39 is 0 Å². The van der Waals surface area contributed by atoms with E-state index in [1.165, 1.54) is 0 Å². The van der Waals surface area contributed by atoms with Crippen molar-refractivity contribution in [2.75, 3.05) is 0 Å². The standard InChI is InChI=1S/C10H15N2P2.2CHO.Mn/c1-2-8(11)10(14)9-5-3-4-7(6-13)12-9;2*1-2;/h3-5,10H,2,6,13-14H2,1H3;2*1H;/q3*-1;+3. The molecule has 0 spiro atoms. The number of aromatic nitrogens is 1. The van der Waals surface area contributed by atoms with E-state index in [0.29, 0.717) is 12.1 Å². The normalized spacial score (nSPS) is 9.63. The first-order valence-corrected chi connectivity index (χ1v) is 6.60. The van der Waals surface area contributed by atoms with E-state index in [1.54, 1.807) is 0 Å². The maximum atomic E-state index is 9.59. The molecule has 0 aliphatic heterocycles. The van der Waals surface area contributed by atoms with Crippen LogP contribution in [0.3, 0.4) is 0 Å². The molecule has 0 fully saturated rings. The van der Waals surface area contributed by atoms with Gasteiger partial charge in [0.15, 0.2) is 0 Å². The van der Waals surface area contributed by atoms with Crippen molar-refractivity contribution < 1.29 is 26.7 Å². The van der Waals surface area contributed by atoms with Crippen molar-refractivity contribution in [3.63, 3.8) is 0 Å². The topological polar surface area (TPSA) is 69.3 Å². The van der Waals surface area contributed by atoms with Crippen LogP contribution in [0.5, 0.6) is 0 Å². The molecule has 0 bridgehead atoms. The molecule has 1 aromatic heterocycles. The van der Waals surface area contributed by atoms with Gasteiger partial charge in [-0.2, -0.15) is 5.71 Å². The zero-order chi connectivity index (χ0) is 14.6. The SMILES string of the molecule is CCC(=[N-])C(P)c1cccc(CP)n1.[CH-]=O.[CH-]=O.[Mn+3]. The Hall–Kier alpha value is -0.461. The third kappa shape index (κ3) is 9.13. The van der Waals surface area contributed by atoms with Crippen LogP contribution in [0.25, 0.3) is 5.41 Å². The molecule has 104 valence electrons. The molecule has 1 aromatic rings. The van der Waals surface area contributed by atoms with Gasteiger partial charge in [-0.05, 0) is 12.1 Å². The van der Waals surface area contributed by atoms with E-state index in [-0.39, 0.29) is 22.7 Å². The van der Waals surface area contributed by atoms with Crippen molar-refractivity contribution in [1.29, 1.82) is 0 Å². The van der Waals surface area contributed by atoms with E-state index in [9.17, 15) is 5.41 Å². The van der Waals surface area contributed by atoms with Crippen molar-refractivity contribution in [2.45, 2.75) is 25.2 Å². The molecule has 7 heteroatoms. The second-order valence-corrected chi connectivity index (χ2v) is 4.16. The molecule has 4 nitrogen and oxygen atoms in total. The Labute approximate surface area is 129 Å². The predicted octanol–water partition coefficient (Wildman–Crippen LogP) is 2.24. The fourth-order valence-corrected chi connectivity index (χ4v) is 1.82. The summed E-state index contributed by atoms with van der Waals surface area (Å²) in [6.45, 7) is 8.44. The van der Waals surface area contributed by atoms with Crippen LogP contribution < -0.4 is 0 Å². The molecule has 0 saturated heterocycles. The molecule has 19 heavy (non-hydrogen) atoms. The van der Waals surface area contributed by atoms with Crippen molar-refractivity contribution >= 4 is 37.8 Å². The van der Waals surface area contributed by atoms with Gasteiger partial charge in [-0.15, -0.1) is 18.5 Å². The van der Waals surface area contributed by atoms with Crippen LogP contribution in [-0.4, -0.2) is 24.3 Å². The largest absolute Gasteiger partial charge is 3.00 e. The third-order valence-electron chi connectivity index (χ3n) is 2.08. The number of nitrogens with zero attached hydrogens (tertiary/aromatic N) is 2. The monoisotopic (exact) mass is 338 g/mol. The second kappa shape index (κ2) is 15.6. The first kappa shape index (κ1) is 23.6. The Morgan fingerprint density at radius 1 is 1.37 bits per heavy atom. The summed E-state index contributed by atoms with van der Waals surface area (Å²) in [5.41, 5.74) is 2.36. The minimum Gasteiger partial charge on any atom is -0.810 e. The minimum atomic E-state index is -0.0449. The average Bonchev–Trinajstić information content (AvgIpc) is 2.49. The van der Waals surface area contributed by atoms with Crippen molar-refractivity contribution in [3.05, 3.63) is 35.0 Å². The third-order valence-corrected chi connectivity index (χ3v) is 3.22. The fourth-order valence-electron chi connectivity index (χ4n) is 1.18. The summed E-state index contributed by atoms with van der Waals surface area (Å²) in [6, 6.07) is 5.89. The van der Waals surface area contributed by atoms with Gasteiger partial charge < -0.3 is 15.0 Å². The number of pyridine rings is 1. The van der Waals surface area contributed by atoms with Crippen molar-refractivity contribution in [2.24, 2.45) is 0 Å². The minimum absolute atomic E-state index is 0. The number of hydrogen-bond donors (Lipinski definition) is 0. The van der Waals surface area contributed by atoms with E-state index in [0.717, 1.165) is 17.5 Å². The van der Waals surface area contributed by atoms with Crippen LogP contribution in [-0.2, 0) is 32.8 Å². The van der Waals surface area contributed by atoms with Crippen LogP contribution in [0.1, 0.15) is 30.4 Å². The molecule has 0 aromatic carbocycles. The van der Waals surface area contributed by atoms with Crippen molar-refractivity contribution in [1.82, 2.24) is 4.98 Å². The number of rotatable bonds is 4. The van der Waals surface area contributed by atoms with Gasteiger partial charge in [0.25, 0.3) is 0 Å². The molecule has 1 rings (SSSR count). The quantitative estimate of drug-likeness (QED) is 0.278. The van der Waals surface area contributed by atoms with E-state index >= 15 is 0 Å². The molecular formula is C12H17MnN2O2P2. The summed E-state index contributed by atoms with van der Waals surface area (Å²) in [6.07, 6.45) is 1.51. The molecule has 1 heterocycles. The zero-order valence-corrected chi connectivity index (χ0v) is 14.1. The Bertz CT molecular complexity index is 365. The van der Waals surface area contributed by atoms with Gasteiger partial charge >= 0.3 is 17.1 Å². The Kier molecular flexibility index (Phi) is 19.4. The van der Waals surface area contributed by atoms with Crippen molar-refractivity contribution in [3.8, 4) is 0 Å². The zero-order valence-electron chi connectivity index (χ0n) is 10.6. The van der Waals surface area contributed by atoms with Gasteiger partial charge in [-0.3, -0.25) is 18.6 Å². The molecular weight excluding hydrogens is 321 g/mol. The Morgan fingerprint density at radius 3 is 2.32 bits per heavy atom. The van der Waals surface area contributed by atoms with Crippen LogP contribution in [0.2, 0.25) is 0 Å². The summed E-state index contributed by atoms with van der Waals surface area (Å²) < 4.78 is 0. The summed E-state index contributed by atoms with van der Waals surface area (Å²) in [7, 11) is 5.26. The first-order valence-electron chi connectivity index (χ1n) is 5.12.